The Morgan fingerprint density at radius 3 is 2.36 bits per heavy atom. The van der Waals surface area contributed by atoms with Gasteiger partial charge in [-0.1, -0.05) is 13.0 Å². The Bertz CT molecular complexity index is 1080. The summed E-state index contributed by atoms with van der Waals surface area (Å²) in [5.41, 5.74) is 5.31. The van der Waals surface area contributed by atoms with Crippen molar-refractivity contribution >= 4 is 11.9 Å². The van der Waals surface area contributed by atoms with E-state index in [2.05, 4.69) is 27.8 Å². The van der Waals surface area contributed by atoms with Crippen LogP contribution in [0.2, 0.25) is 0 Å². The van der Waals surface area contributed by atoms with Gasteiger partial charge in [0.15, 0.2) is 0 Å². The molecule has 0 aromatic carbocycles. The summed E-state index contributed by atoms with van der Waals surface area (Å²) in [6.07, 6.45) is 10.4. The van der Waals surface area contributed by atoms with Gasteiger partial charge in [0.1, 0.15) is 0 Å². The first-order valence-electron chi connectivity index (χ1n) is 12.2. The molecule has 0 amide bonds. The molecule has 2 atom stereocenters. The summed E-state index contributed by atoms with van der Waals surface area (Å²) < 4.78 is 0. The lowest BCUT2D eigenvalue weighted by atomic mass is 9.90. The lowest BCUT2D eigenvalue weighted by molar-refractivity contribution is 0.440. The third kappa shape index (κ3) is 4.82. The SMILES string of the molecule is Cc1cc(C)nc(N2CCC[C@@H](c3nc(N4CCC[C@@H](C)C4)ncc3-c3cccnc3)C2)n1. The Labute approximate surface area is 196 Å². The van der Waals surface area contributed by atoms with Gasteiger partial charge >= 0.3 is 0 Å². The first kappa shape index (κ1) is 21.7. The molecule has 0 spiro atoms. The zero-order valence-corrected chi connectivity index (χ0v) is 19.9. The summed E-state index contributed by atoms with van der Waals surface area (Å²) in [7, 11) is 0. The second kappa shape index (κ2) is 9.41. The quantitative estimate of drug-likeness (QED) is 0.585. The highest BCUT2D eigenvalue weighted by atomic mass is 15.3. The van der Waals surface area contributed by atoms with Gasteiger partial charge in [-0.15, -0.1) is 0 Å². The highest BCUT2D eigenvalue weighted by molar-refractivity contribution is 5.66. The molecule has 0 aliphatic carbocycles. The smallest absolute Gasteiger partial charge is 0.225 e. The maximum Gasteiger partial charge on any atom is 0.225 e. The molecular weight excluding hydrogens is 410 g/mol. The summed E-state index contributed by atoms with van der Waals surface area (Å²) >= 11 is 0. The van der Waals surface area contributed by atoms with Crippen molar-refractivity contribution in [1.29, 1.82) is 0 Å². The van der Waals surface area contributed by atoms with Crippen LogP contribution in [0.1, 0.15) is 55.6 Å². The second-order valence-electron chi connectivity index (χ2n) is 9.64. The van der Waals surface area contributed by atoms with Gasteiger partial charge in [-0.25, -0.2) is 19.9 Å². The Balaban J connectivity index is 1.50. The van der Waals surface area contributed by atoms with Crippen molar-refractivity contribution in [1.82, 2.24) is 24.9 Å². The van der Waals surface area contributed by atoms with E-state index in [-0.39, 0.29) is 0 Å². The summed E-state index contributed by atoms with van der Waals surface area (Å²) in [6, 6.07) is 6.11. The Morgan fingerprint density at radius 2 is 1.64 bits per heavy atom. The molecule has 3 aromatic rings. The molecule has 2 fully saturated rings. The third-order valence-corrected chi connectivity index (χ3v) is 6.78. The summed E-state index contributed by atoms with van der Waals surface area (Å²) in [5.74, 6) is 2.67. The highest BCUT2D eigenvalue weighted by Crippen LogP contribution is 2.35. The molecule has 0 unspecified atom stereocenters. The zero-order valence-electron chi connectivity index (χ0n) is 19.9. The number of aryl methyl sites for hydroxylation is 2. The molecule has 0 bridgehead atoms. The second-order valence-corrected chi connectivity index (χ2v) is 9.64. The summed E-state index contributed by atoms with van der Waals surface area (Å²) in [4.78, 5) is 28.5. The molecule has 7 heteroatoms. The van der Waals surface area contributed by atoms with Crippen LogP contribution >= 0.6 is 0 Å². The van der Waals surface area contributed by atoms with Crippen molar-refractivity contribution in [2.45, 2.75) is 52.4 Å². The maximum atomic E-state index is 5.21. The number of hydrogen-bond acceptors (Lipinski definition) is 7. The van der Waals surface area contributed by atoms with Crippen LogP contribution in [-0.2, 0) is 0 Å². The standard InChI is InChI=1S/C26H33N7/c1-18-7-5-11-32(16-18)25-28-15-23(21-8-4-10-27-14-21)24(31-25)22-9-6-12-33(17-22)26-29-19(2)13-20(3)30-26/h4,8,10,13-15,18,22H,5-7,9,11-12,16-17H2,1-3H3/t18-,22-/m1/s1. The van der Waals surface area contributed by atoms with Crippen molar-refractivity contribution in [3.63, 3.8) is 0 Å². The van der Waals surface area contributed by atoms with Crippen molar-refractivity contribution in [3.05, 3.63) is 53.9 Å². The van der Waals surface area contributed by atoms with Crippen LogP contribution in [-0.4, -0.2) is 51.1 Å². The lowest BCUT2D eigenvalue weighted by Crippen LogP contribution is -2.37. The predicted octanol–water partition coefficient (Wildman–Crippen LogP) is 4.57. The molecule has 3 aromatic heterocycles. The van der Waals surface area contributed by atoms with Gasteiger partial charge in [0.25, 0.3) is 0 Å². The fraction of sp³-hybridized carbons (Fsp3) is 0.500. The van der Waals surface area contributed by atoms with Crippen LogP contribution in [0.15, 0.2) is 36.8 Å². The topological polar surface area (TPSA) is 70.9 Å². The molecule has 2 aliphatic rings. The van der Waals surface area contributed by atoms with Crippen molar-refractivity contribution in [2.75, 3.05) is 36.0 Å². The van der Waals surface area contributed by atoms with E-state index < -0.39 is 0 Å². The van der Waals surface area contributed by atoms with Crippen LogP contribution in [0, 0.1) is 19.8 Å². The number of rotatable bonds is 4. The van der Waals surface area contributed by atoms with Crippen LogP contribution < -0.4 is 9.80 Å². The first-order chi connectivity index (χ1) is 16.1. The number of piperidine rings is 2. The average molecular weight is 444 g/mol. The minimum Gasteiger partial charge on any atom is -0.341 e. The van der Waals surface area contributed by atoms with Gasteiger partial charge in [-0.05, 0) is 57.6 Å². The number of nitrogens with zero attached hydrogens (tertiary/aromatic N) is 7. The van der Waals surface area contributed by atoms with Crippen LogP contribution in [0.25, 0.3) is 11.1 Å². The highest BCUT2D eigenvalue weighted by Gasteiger charge is 2.28. The Morgan fingerprint density at radius 1 is 0.879 bits per heavy atom. The number of aromatic nitrogens is 5. The molecule has 7 nitrogen and oxygen atoms in total. The molecule has 0 N–H and O–H groups in total. The maximum absolute atomic E-state index is 5.21. The molecule has 0 radical (unpaired) electrons. The fourth-order valence-corrected chi connectivity index (χ4v) is 5.20. The van der Waals surface area contributed by atoms with Gasteiger partial charge in [0.05, 0.1) is 5.69 Å². The predicted molar refractivity (Wildman–Crippen MR) is 132 cm³/mol. The van der Waals surface area contributed by atoms with Crippen LogP contribution in [0.5, 0.6) is 0 Å². The molecule has 172 valence electrons. The van der Waals surface area contributed by atoms with E-state index in [4.69, 9.17) is 19.9 Å². The van der Waals surface area contributed by atoms with E-state index in [1.807, 2.05) is 44.6 Å². The minimum atomic E-state index is 0.294. The number of anilines is 2. The normalized spacial score (nSPS) is 21.3. The zero-order chi connectivity index (χ0) is 22.8. The monoisotopic (exact) mass is 443 g/mol. The van der Waals surface area contributed by atoms with Gasteiger partial charge in [-0.3, -0.25) is 4.98 Å². The molecule has 5 heterocycles. The molecule has 5 rings (SSSR count). The van der Waals surface area contributed by atoms with E-state index in [0.717, 1.165) is 79.1 Å². The van der Waals surface area contributed by atoms with E-state index in [1.165, 1.54) is 12.8 Å². The fourth-order valence-electron chi connectivity index (χ4n) is 5.20. The van der Waals surface area contributed by atoms with E-state index >= 15 is 0 Å². The molecule has 33 heavy (non-hydrogen) atoms. The molecule has 0 saturated carbocycles. The van der Waals surface area contributed by atoms with Gasteiger partial charge in [0.2, 0.25) is 11.9 Å². The number of pyridine rings is 1. The Kier molecular flexibility index (Phi) is 6.20. The van der Waals surface area contributed by atoms with Gasteiger partial charge in [-0.2, -0.15) is 0 Å². The molecule has 2 saturated heterocycles. The Hall–Kier alpha value is -3.09. The van der Waals surface area contributed by atoms with Crippen molar-refractivity contribution < 1.29 is 0 Å². The van der Waals surface area contributed by atoms with Crippen LogP contribution in [0.4, 0.5) is 11.9 Å². The molecule has 2 aliphatic heterocycles. The van der Waals surface area contributed by atoms with Crippen molar-refractivity contribution in [2.24, 2.45) is 5.92 Å². The lowest BCUT2D eigenvalue weighted by Gasteiger charge is -2.35. The minimum absolute atomic E-state index is 0.294. The van der Waals surface area contributed by atoms with E-state index in [0.29, 0.717) is 11.8 Å². The molecular formula is C26H33N7. The van der Waals surface area contributed by atoms with E-state index in [1.54, 1.807) is 0 Å². The van der Waals surface area contributed by atoms with Gasteiger partial charge in [0, 0.05) is 73.2 Å². The van der Waals surface area contributed by atoms with Crippen LogP contribution in [0.3, 0.4) is 0 Å². The number of hydrogen-bond donors (Lipinski definition) is 0. The summed E-state index contributed by atoms with van der Waals surface area (Å²) in [5, 5.41) is 0. The average Bonchev–Trinajstić information content (AvgIpc) is 2.84. The van der Waals surface area contributed by atoms with Crippen molar-refractivity contribution in [3.8, 4) is 11.1 Å². The van der Waals surface area contributed by atoms with E-state index in [9.17, 15) is 0 Å². The largest absolute Gasteiger partial charge is 0.341 e. The summed E-state index contributed by atoms with van der Waals surface area (Å²) in [6.45, 7) is 10.3. The van der Waals surface area contributed by atoms with Gasteiger partial charge < -0.3 is 9.80 Å². The first-order valence-corrected chi connectivity index (χ1v) is 12.2. The third-order valence-electron chi connectivity index (χ3n) is 6.78.